The Kier molecular flexibility index (Phi) is 5.51. The molecule has 0 amide bonds. The van der Waals surface area contributed by atoms with Gasteiger partial charge in [0, 0.05) is 32.6 Å². The van der Waals surface area contributed by atoms with Crippen molar-refractivity contribution in [3.63, 3.8) is 0 Å². The van der Waals surface area contributed by atoms with Crippen molar-refractivity contribution in [3.05, 3.63) is 23.4 Å². The minimum Gasteiger partial charge on any atom is -0.393 e. The van der Waals surface area contributed by atoms with Gasteiger partial charge in [0.1, 0.15) is 11.6 Å². The van der Waals surface area contributed by atoms with Crippen molar-refractivity contribution in [2.75, 3.05) is 26.2 Å². The number of hydrogen-bond donors (Lipinski definition) is 1. The lowest BCUT2D eigenvalue weighted by Gasteiger charge is -2.31. The molecule has 9 heteroatoms. The first-order chi connectivity index (χ1) is 13.1. The first kappa shape index (κ1) is 18.5. The van der Waals surface area contributed by atoms with Crippen molar-refractivity contribution in [3.8, 4) is 0 Å². The third-order valence-electron chi connectivity index (χ3n) is 5.72. The summed E-state index contributed by atoms with van der Waals surface area (Å²) in [5.74, 6) is 3.80. The van der Waals surface area contributed by atoms with Crippen LogP contribution in [0.4, 0.5) is 0 Å². The van der Waals surface area contributed by atoms with Gasteiger partial charge in [0.05, 0.1) is 19.2 Å². The average molecular weight is 375 g/mol. The van der Waals surface area contributed by atoms with Gasteiger partial charge < -0.3 is 14.2 Å². The van der Waals surface area contributed by atoms with Crippen LogP contribution in [0.1, 0.15) is 55.0 Å². The molecule has 27 heavy (non-hydrogen) atoms. The number of hydrogen-bond acceptors (Lipinski definition) is 8. The molecule has 4 rings (SSSR count). The summed E-state index contributed by atoms with van der Waals surface area (Å²) in [5, 5.41) is 22.5. The Labute approximate surface area is 159 Å². The quantitative estimate of drug-likeness (QED) is 0.821. The van der Waals surface area contributed by atoms with E-state index in [0.717, 1.165) is 70.1 Å². The molecule has 148 valence electrons. The van der Waals surface area contributed by atoms with E-state index >= 15 is 0 Å². The fraction of sp³-hybridized carbons (Fsp3) is 0.778. The lowest BCUT2D eigenvalue weighted by molar-refractivity contribution is 0.0775. The predicted octanol–water partition coefficient (Wildman–Crippen LogP) is 0.843. The van der Waals surface area contributed by atoms with E-state index in [1.807, 2.05) is 6.92 Å². The Hall–Kier alpha value is -1.84. The fourth-order valence-corrected chi connectivity index (χ4v) is 4.15. The molecule has 0 bridgehead atoms. The van der Waals surface area contributed by atoms with Crippen LogP contribution in [0.3, 0.4) is 0 Å². The lowest BCUT2D eigenvalue weighted by Crippen LogP contribution is -2.36. The van der Waals surface area contributed by atoms with E-state index in [2.05, 4.69) is 41.8 Å². The molecule has 2 saturated heterocycles. The van der Waals surface area contributed by atoms with Crippen molar-refractivity contribution in [1.29, 1.82) is 0 Å². The summed E-state index contributed by atoms with van der Waals surface area (Å²) in [5.41, 5.74) is 0. The SMILES string of the molecule is Cc1noc(CN2CCC[C@@H](c3nnc(CN4CCC(O)CC4)n3C)C2)n1. The largest absolute Gasteiger partial charge is 0.393 e. The van der Waals surface area contributed by atoms with Crippen LogP contribution in [0.25, 0.3) is 0 Å². The maximum absolute atomic E-state index is 9.67. The summed E-state index contributed by atoms with van der Waals surface area (Å²) in [6.45, 7) is 7.15. The first-order valence-corrected chi connectivity index (χ1v) is 9.88. The van der Waals surface area contributed by atoms with Crippen LogP contribution < -0.4 is 0 Å². The Balaban J connectivity index is 1.38. The number of nitrogens with zero attached hydrogens (tertiary/aromatic N) is 7. The minimum atomic E-state index is -0.146. The third-order valence-corrected chi connectivity index (χ3v) is 5.72. The molecule has 9 nitrogen and oxygen atoms in total. The molecular weight excluding hydrogens is 346 g/mol. The molecule has 2 aromatic rings. The molecule has 2 aliphatic heterocycles. The van der Waals surface area contributed by atoms with Gasteiger partial charge >= 0.3 is 0 Å². The van der Waals surface area contributed by atoms with Gasteiger partial charge in [0.2, 0.25) is 5.89 Å². The van der Waals surface area contributed by atoms with Gasteiger partial charge in [-0.2, -0.15) is 4.98 Å². The molecule has 1 N–H and O–H groups in total. The molecule has 1 atom stereocenters. The van der Waals surface area contributed by atoms with Gasteiger partial charge in [-0.25, -0.2) is 0 Å². The number of rotatable bonds is 5. The Morgan fingerprint density at radius 3 is 2.63 bits per heavy atom. The van der Waals surface area contributed by atoms with Gasteiger partial charge in [-0.05, 0) is 39.2 Å². The number of aliphatic hydroxyl groups excluding tert-OH is 1. The predicted molar refractivity (Wildman–Crippen MR) is 97.8 cm³/mol. The van der Waals surface area contributed by atoms with Crippen molar-refractivity contribution < 1.29 is 9.63 Å². The number of aliphatic hydroxyl groups is 1. The van der Waals surface area contributed by atoms with Crippen LogP contribution in [0.5, 0.6) is 0 Å². The smallest absolute Gasteiger partial charge is 0.240 e. The summed E-state index contributed by atoms with van der Waals surface area (Å²) in [6, 6.07) is 0. The Bertz CT molecular complexity index is 751. The van der Waals surface area contributed by atoms with E-state index in [-0.39, 0.29) is 6.10 Å². The highest BCUT2D eigenvalue weighted by atomic mass is 16.5. The topological polar surface area (TPSA) is 96.3 Å². The lowest BCUT2D eigenvalue weighted by atomic mass is 9.97. The van der Waals surface area contributed by atoms with Crippen molar-refractivity contribution in [2.24, 2.45) is 7.05 Å². The molecule has 2 fully saturated rings. The van der Waals surface area contributed by atoms with Crippen LogP contribution >= 0.6 is 0 Å². The number of aromatic nitrogens is 5. The standard InChI is InChI=1S/C18H29N7O2/c1-13-19-17(27-22-13)12-25-7-3-4-14(10-25)18-21-20-16(23(18)2)11-24-8-5-15(26)6-9-24/h14-15,26H,3-12H2,1-2H3/t14-/m1/s1. The monoisotopic (exact) mass is 375 g/mol. The van der Waals surface area contributed by atoms with E-state index in [9.17, 15) is 5.11 Å². The molecule has 2 aliphatic rings. The van der Waals surface area contributed by atoms with Crippen LogP contribution in [-0.4, -0.2) is 72.1 Å². The summed E-state index contributed by atoms with van der Waals surface area (Å²) in [7, 11) is 2.07. The molecule has 0 spiro atoms. The molecular formula is C18H29N7O2. The molecule has 4 heterocycles. The minimum absolute atomic E-state index is 0.146. The number of likely N-dealkylation sites (tertiary alicyclic amines) is 2. The van der Waals surface area contributed by atoms with E-state index in [1.54, 1.807) is 0 Å². The zero-order chi connectivity index (χ0) is 18.8. The number of piperidine rings is 2. The fourth-order valence-electron chi connectivity index (χ4n) is 4.15. The van der Waals surface area contributed by atoms with Crippen LogP contribution in [0.15, 0.2) is 4.52 Å². The van der Waals surface area contributed by atoms with Crippen molar-refractivity contribution in [1.82, 2.24) is 34.7 Å². The Morgan fingerprint density at radius 1 is 1.07 bits per heavy atom. The molecule has 0 saturated carbocycles. The van der Waals surface area contributed by atoms with Gasteiger partial charge in [0.15, 0.2) is 5.82 Å². The number of aryl methyl sites for hydroxylation is 1. The average Bonchev–Trinajstić information content (AvgIpc) is 3.23. The summed E-state index contributed by atoms with van der Waals surface area (Å²) in [4.78, 5) is 9.03. The molecule has 0 aliphatic carbocycles. The van der Waals surface area contributed by atoms with E-state index in [1.165, 1.54) is 0 Å². The van der Waals surface area contributed by atoms with Gasteiger partial charge in [-0.3, -0.25) is 9.80 Å². The van der Waals surface area contributed by atoms with Crippen LogP contribution in [-0.2, 0) is 20.1 Å². The second-order valence-corrected chi connectivity index (χ2v) is 7.85. The Morgan fingerprint density at radius 2 is 1.89 bits per heavy atom. The first-order valence-electron chi connectivity index (χ1n) is 9.88. The molecule has 0 radical (unpaired) electrons. The van der Waals surface area contributed by atoms with E-state index in [0.29, 0.717) is 24.2 Å². The molecule has 2 aromatic heterocycles. The highest BCUT2D eigenvalue weighted by molar-refractivity contribution is 5.04. The van der Waals surface area contributed by atoms with Crippen molar-refractivity contribution >= 4 is 0 Å². The normalized spacial score (nSPS) is 23.1. The highest BCUT2D eigenvalue weighted by Crippen LogP contribution is 2.27. The van der Waals surface area contributed by atoms with E-state index < -0.39 is 0 Å². The molecule has 0 aromatic carbocycles. The summed E-state index contributed by atoms with van der Waals surface area (Å²) >= 11 is 0. The molecule has 0 unspecified atom stereocenters. The second-order valence-electron chi connectivity index (χ2n) is 7.85. The zero-order valence-electron chi connectivity index (χ0n) is 16.2. The summed E-state index contributed by atoms with van der Waals surface area (Å²) < 4.78 is 7.43. The third kappa shape index (κ3) is 4.36. The highest BCUT2D eigenvalue weighted by Gasteiger charge is 2.27. The maximum atomic E-state index is 9.67. The van der Waals surface area contributed by atoms with Crippen molar-refractivity contribution in [2.45, 2.75) is 57.7 Å². The van der Waals surface area contributed by atoms with Crippen LogP contribution in [0.2, 0.25) is 0 Å². The second kappa shape index (κ2) is 8.04. The maximum Gasteiger partial charge on any atom is 0.240 e. The zero-order valence-corrected chi connectivity index (χ0v) is 16.2. The van der Waals surface area contributed by atoms with Gasteiger partial charge in [0.25, 0.3) is 0 Å². The van der Waals surface area contributed by atoms with Crippen LogP contribution in [0, 0.1) is 6.92 Å². The van der Waals surface area contributed by atoms with Gasteiger partial charge in [-0.15, -0.1) is 10.2 Å². The summed E-state index contributed by atoms with van der Waals surface area (Å²) in [6.07, 6.45) is 3.80. The van der Waals surface area contributed by atoms with E-state index in [4.69, 9.17) is 4.52 Å². The van der Waals surface area contributed by atoms with Gasteiger partial charge in [-0.1, -0.05) is 5.16 Å².